The van der Waals surface area contributed by atoms with Gasteiger partial charge in [-0.15, -0.1) is 0 Å². The minimum atomic E-state index is -0.277. The number of nitrogens with zero attached hydrogens (tertiary/aromatic N) is 4. The van der Waals surface area contributed by atoms with Crippen molar-refractivity contribution in [1.29, 1.82) is 0 Å². The molecule has 29 heavy (non-hydrogen) atoms. The van der Waals surface area contributed by atoms with Crippen LogP contribution in [-0.4, -0.2) is 40.7 Å². The number of carbonyl (C=O) groups is 1. The van der Waals surface area contributed by atoms with E-state index in [9.17, 15) is 9.18 Å². The van der Waals surface area contributed by atoms with Gasteiger partial charge >= 0.3 is 0 Å². The highest BCUT2D eigenvalue weighted by molar-refractivity contribution is 5.94. The number of para-hydroxylation sites is 1. The number of hydrogen-bond donors (Lipinski definition) is 0. The highest BCUT2D eigenvalue weighted by atomic mass is 19.1. The predicted molar refractivity (Wildman–Crippen MR) is 110 cm³/mol. The number of aromatic nitrogens is 2. The fourth-order valence-corrected chi connectivity index (χ4v) is 4.42. The summed E-state index contributed by atoms with van der Waals surface area (Å²) in [6.45, 7) is 2.02. The van der Waals surface area contributed by atoms with Crippen LogP contribution in [0.1, 0.15) is 33.7 Å². The summed E-state index contributed by atoms with van der Waals surface area (Å²) in [6, 6.07) is 14.5. The number of benzene rings is 2. The molecule has 0 atom stereocenters. The number of fused-ring (bicyclic) bond motifs is 2. The first-order valence-corrected chi connectivity index (χ1v) is 10.1. The lowest BCUT2D eigenvalue weighted by Gasteiger charge is -2.20. The molecule has 0 saturated heterocycles. The van der Waals surface area contributed by atoms with Crippen molar-refractivity contribution in [2.24, 2.45) is 0 Å². The molecule has 148 valence electrons. The quantitative estimate of drug-likeness (QED) is 0.672. The van der Waals surface area contributed by atoms with E-state index in [0.29, 0.717) is 18.8 Å². The molecule has 1 aromatic heterocycles. The molecule has 3 aromatic rings. The minimum absolute atomic E-state index is 0.0193. The van der Waals surface area contributed by atoms with Gasteiger partial charge in [-0.1, -0.05) is 18.2 Å². The summed E-state index contributed by atoms with van der Waals surface area (Å²) in [5.74, 6) is -0.296. The molecule has 0 bridgehead atoms. The van der Waals surface area contributed by atoms with Gasteiger partial charge in [0.15, 0.2) is 5.69 Å². The van der Waals surface area contributed by atoms with Crippen LogP contribution in [0.5, 0.6) is 0 Å². The number of amides is 1. The van der Waals surface area contributed by atoms with Crippen LogP contribution < -0.4 is 4.90 Å². The van der Waals surface area contributed by atoms with E-state index in [1.165, 1.54) is 17.8 Å². The van der Waals surface area contributed by atoms with Crippen LogP contribution >= 0.6 is 0 Å². The van der Waals surface area contributed by atoms with E-state index in [4.69, 9.17) is 5.10 Å². The Labute approximate surface area is 169 Å². The second kappa shape index (κ2) is 7.03. The van der Waals surface area contributed by atoms with Crippen LogP contribution in [0.15, 0.2) is 48.5 Å². The fraction of sp³-hybridized carbons (Fsp3) is 0.304. The summed E-state index contributed by atoms with van der Waals surface area (Å²) in [7, 11) is 2.06. The van der Waals surface area contributed by atoms with Gasteiger partial charge in [-0.05, 0) is 55.2 Å². The van der Waals surface area contributed by atoms with Gasteiger partial charge < -0.3 is 9.80 Å². The Kier molecular flexibility index (Phi) is 4.34. The van der Waals surface area contributed by atoms with Crippen molar-refractivity contribution in [2.45, 2.75) is 25.8 Å². The lowest BCUT2D eigenvalue weighted by molar-refractivity contribution is 0.0744. The predicted octanol–water partition coefficient (Wildman–Crippen LogP) is 3.59. The van der Waals surface area contributed by atoms with Gasteiger partial charge in [-0.3, -0.25) is 4.79 Å². The van der Waals surface area contributed by atoms with Gasteiger partial charge in [0.1, 0.15) is 5.82 Å². The molecule has 1 aliphatic carbocycles. The van der Waals surface area contributed by atoms with Gasteiger partial charge in [0, 0.05) is 43.6 Å². The van der Waals surface area contributed by atoms with Crippen molar-refractivity contribution in [3.8, 4) is 5.69 Å². The van der Waals surface area contributed by atoms with Crippen LogP contribution in [-0.2, 0) is 19.4 Å². The number of carbonyl (C=O) groups excluding carboxylic acids is 1. The maximum Gasteiger partial charge on any atom is 0.275 e. The fourth-order valence-electron chi connectivity index (χ4n) is 4.42. The van der Waals surface area contributed by atoms with Crippen LogP contribution in [0, 0.1) is 5.82 Å². The van der Waals surface area contributed by atoms with Crippen LogP contribution in [0.3, 0.4) is 0 Å². The molecule has 0 fully saturated rings. The van der Waals surface area contributed by atoms with Crippen LogP contribution in [0.2, 0.25) is 0 Å². The topological polar surface area (TPSA) is 41.4 Å². The summed E-state index contributed by atoms with van der Waals surface area (Å²) in [6.07, 6.45) is 2.76. The molecule has 5 rings (SSSR count). The third kappa shape index (κ3) is 3.09. The molecule has 1 amide bonds. The van der Waals surface area contributed by atoms with Crippen molar-refractivity contribution in [3.63, 3.8) is 0 Å². The Hall–Kier alpha value is -3.15. The Morgan fingerprint density at radius 3 is 2.66 bits per heavy atom. The average Bonchev–Trinajstić information content (AvgIpc) is 3.30. The van der Waals surface area contributed by atoms with Crippen LogP contribution in [0.25, 0.3) is 5.69 Å². The molecule has 2 heterocycles. The zero-order valence-corrected chi connectivity index (χ0v) is 16.4. The average molecular weight is 390 g/mol. The molecule has 0 N–H and O–H groups in total. The first-order valence-electron chi connectivity index (χ1n) is 10.1. The molecule has 2 aliphatic rings. The molecule has 1 aliphatic heterocycles. The van der Waals surface area contributed by atoms with Gasteiger partial charge in [-0.25, -0.2) is 9.07 Å². The van der Waals surface area contributed by atoms with E-state index < -0.39 is 0 Å². The monoisotopic (exact) mass is 390 g/mol. The SMILES string of the molecule is CN1CCN(C(=O)c2nn(-c3ccc(F)cc3)c3c2CCC3)Cc2ccccc21. The molecular formula is C23H23FN4O. The third-order valence-corrected chi connectivity index (χ3v) is 5.96. The highest BCUT2D eigenvalue weighted by Crippen LogP contribution is 2.30. The van der Waals surface area contributed by atoms with Crippen LogP contribution in [0.4, 0.5) is 10.1 Å². The molecule has 6 heteroatoms. The Balaban J connectivity index is 1.51. The molecule has 2 aromatic carbocycles. The van der Waals surface area contributed by atoms with E-state index >= 15 is 0 Å². The van der Waals surface area contributed by atoms with Gasteiger partial charge in [-0.2, -0.15) is 5.10 Å². The van der Waals surface area contributed by atoms with Gasteiger partial charge in [0.05, 0.1) is 5.69 Å². The lowest BCUT2D eigenvalue weighted by Crippen LogP contribution is -2.35. The van der Waals surface area contributed by atoms with Gasteiger partial charge in [0.25, 0.3) is 5.91 Å². The first kappa shape index (κ1) is 17.9. The second-order valence-corrected chi connectivity index (χ2v) is 7.79. The normalized spacial score (nSPS) is 15.8. The van der Waals surface area contributed by atoms with Crippen molar-refractivity contribution in [2.75, 3.05) is 25.0 Å². The van der Waals surface area contributed by atoms with Crippen molar-refractivity contribution >= 4 is 11.6 Å². The van der Waals surface area contributed by atoms with E-state index in [-0.39, 0.29) is 11.7 Å². The van der Waals surface area contributed by atoms with Crippen molar-refractivity contribution < 1.29 is 9.18 Å². The summed E-state index contributed by atoms with van der Waals surface area (Å²) < 4.78 is 15.2. The summed E-state index contributed by atoms with van der Waals surface area (Å²) in [4.78, 5) is 17.6. The maximum absolute atomic E-state index is 13.5. The highest BCUT2D eigenvalue weighted by Gasteiger charge is 2.31. The Bertz CT molecular complexity index is 1070. The summed E-state index contributed by atoms with van der Waals surface area (Å²) >= 11 is 0. The Morgan fingerprint density at radius 2 is 1.83 bits per heavy atom. The first-order chi connectivity index (χ1) is 14.1. The van der Waals surface area contributed by atoms with E-state index in [1.54, 1.807) is 12.1 Å². The number of hydrogen-bond acceptors (Lipinski definition) is 3. The van der Waals surface area contributed by atoms with E-state index in [0.717, 1.165) is 48.3 Å². The van der Waals surface area contributed by atoms with E-state index in [1.807, 2.05) is 21.7 Å². The minimum Gasteiger partial charge on any atom is -0.373 e. The van der Waals surface area contributed by atoms with Gasteiger partial charge in [0.2, 0.25) is 0 Å². The molecular weight excluding hydrogens is 367 g/mol. The number of anilines is 1. The molecule has 5 nitrogen and oxygen atoms in total. The zero-order valence-electron chi connectivity index (χ0n) is 16.4. The summed E-state index contributed by atoms with van der Waals surface area (Å²) in [5.41, 5.74) is 5.78. The maximum atomic E-state index is 13.5. The standard InChI is InChI=1S/C23H23FN4O/c1-26-13-14-27(15-16-5-2-3-7-20(16)26)23(29)22-19-6-4-8-21(19)28(25-22)18-11-9-17(24)10-12-18/h2-3,5,7,9-12H,4,6,8,13-15H2,1H3. The molecule has 0 radical (unpaired) electrons. The number of rotatable bonds is 2. The van der Waals surface area contributed by atoms with Crippen molar-refractivity contribution in [1.82, 2.24) is 14.7 Å². The third-order valence-electron chi connectivity index (χ3n) is 5.96. The number of likely N-dealkylation sites (N-methyl/N-ethyl adjacent to an activating group) is 1. The summed E-state index contributed by atoms with van der Waals surface area (Å²) in [5, 5.41) is 4.70. The lowest BCUT2D eigenvalue weighted by atomic mass is 10.1. The zero-order chi connectivity index (χ0) is 20.0. The Morgan fingerprint density at radius 1 is 1.03 bits per heavy atom. The number of halogens is 1. The second-order valence-electron chi connectivity index (χ2n) is 7.79. The molecule has 0 saturated carbocycles. The molecule has 0 spiro atoms. The largest absolute Gasteiger partial charge is 0.373 e. The van der Waals surface area contributed by atoms with E-state index in [2.05, 4.69) is 24.1 Å². The molecule has 0 unspecified atom stereocenters. The smallest absolute Gasteiger partial charge is 0.275 e. The van der Waals surface area contributed by atoms with Crippen molar-refractivity contribution in [3.05, 3.63) is 76.9 Å².